The summed E-state index contributed by atoms with van der Waals surface area (Å²) in [5.41, 5.74) is 3.27. The van der Waals surface area contributed by atoms with Gasteiger partial charge in [0.1, 0.15) is 5.82 Å². The van der Waals surface area contributed by atoms with Crippen molar-refractivity contribution in [3.05, 3.63) is 46.5 Å². The monoisotopic (exact) mass is 352 g/mol. The fourth-order valence-electron chi connectivity index (χ4n) is 2.34. The average molecular weight is 354 g/mol. The number of aryl methyl sites for hydroxylation is 2. The van der Waals surface area contributed by atoms with Crippen molar-refractivity contribution in [1.82, 2.24) is 19.3 Å². The van der Waals surface area contributed by atoms with Gasteiger partial charge in [-0.15, -0.1) is 11.6 Å². The summed E-state index contributed by atoms with van der Waals surface area (Å²) in [6.45, 7) is 0.762. The van der Waals surface area contributed by atoms with E-state index >= 15 is 0 Å². The topological polar surface area (TPSA) is 35.6 Å². The number of fused-ring (bicyclic) bond motifs is 1. The van der Waals surface area contributed by atoms with Gasteiger partial charge in [0.15, 0.2) is 0 Å². The summed E-state index contributed by atoms with van der Waals surface area (Å²) in [6.07, 6.45) is 4.67. The van der Waals surface area contributed by atoms with Gasteiger partial charge < -0.3 is 4.57 Å². The van der Waals surface area contributed by atoms with Crippen LogP contribution >= 0.6 is 27.5 Å². The van der Waals surface area contributed by atoms with Crippen molar-refractivity contribution in [2.45, 2.75) is 13.0 Å². The Bertz CT molecular complexity index is 747. The van der Waals surface area contributed by atoms with E-state index in [1.165, 1.54) is 0 Å². The van der Waals surface area contributed by atoms with E-state index in [4.69, 9.17) is 11.6 Å². The van der Waals surface area contributed by atoms with Crippen LogP contribution in [0, 0.1) is 0 Å². The predicted molar refractivity (Wildman–Crippen MR) is 84.2 cm³/mol. The Balaban J connectivity index is 2.08. The van der Waals surface area contributed by atoms with E-state index in [0.717, 1.165) is 39.9 Å². The average Bonchev–Trinajstić information content (AvgIpc) is 2.95. The van der Waals surface area contributed by atoms with Gasteiger partial charge in [-0.2, -0.15) is 5.10 Å². The summed E-state index contributed by atoms with van der Waals surface area (Å²) >= 11 is 9.38. The quantitative estimate of drug-likeness (QED) is 0.674. The van der Waals surface area contributed by atoms with Gasteiger partial charge in [0, 0.05) is 35.6 Å². The molecule has 104 valence electrons. The van der Waals surface area contributed by atoms with Crippen LogP contribution in [0.1, 0.15) is 11.4 Å². The molecule has 0 spiro atoms. The molecule has 0 radical (unpaired) electrons. The molecule has 20 heavy (non-hydrogen) atoms. The molecule has 0 unspecified atom stereocenters. The minimum Gasteiger partial charge on any atom is -0.323 e. The number of benzene rings is 1. The summed E-state index contributed by atoms with van der Waals surface area (Å²) < 4.78 is 5.06. The second kappa shape index (κ2) is 5.58. The lowest BCUT2D eigenvalue weighted by Gasteiger charge is -2.06. The number of aromatic nitrogens is 4. The largest absolute Gasteiger partial charge is 0.323 e. The van der Waals surface area contributed by atoms with Gasteiger partial charge >= 0.3 is 0 Å². The van der Waals surface area contributed by atoms with Crippen molar-refractivity contribution in [2.75, 3.05) is 5.88 Å². The van der Waals surface area contributed by atoms with Crippen LogP contribution in [0.5, 0.6) is 0 Å². The lowest BCUT2D eigenvalue weighted by atomic mass is 10.3. The number of rotatable bonds is 4. The maximum Gasteiger partial charge on any atom is 0.111 e. The summed E-state index contributed by atoms with van der Waals surface area (Å²) in [6, 6.07) is 6.15. The van der Waals surface area contributed by atoms with E-state index in [1.807, 2.05) is 36.3 Å². The predicted octanol–water partition coefficient (Wildman–Crippen LogP) is 3.36. The Kier molecular flexibility index (Phi) is 3.81. The van der Waals surface area contributed by atoms with Gasteiger partial charge in [0.05, 0.1) is 23.8 Å². The van der Waals surface area contributed by atoms with E-state index in [-0.39, 0.29) is 0 Å². The lowest BCUT2D eigenvalue weighted by Crippen LogP contribution is -2.05. The van der Waals surface area contributed by atoms with Gasteiger partial charge in [-0.3, -0.25) is 4.68 Å². The summed E-state index contributed by atoms with van der Waals surface area (Å²) in [5.74, 6) is 1.58. The van der Waals surface area contributed by atoms with Crippen LogP contribution in [0.4, 0.5) is 0 Å². The van der Waals surface area contributed by atoms with Crippen molar-refractivity contribution < 1.29 is 0 Å². The van der Waals surface area contributed by atoms with Gasteiger partial charge in [0.25, 0.3) is 0 Å². The SMILES string of the molecule is Cn1cc(Cn2c(CCCl)nc3cc(Br)ccc32)cn1. The maximum absolute atomic E-state index is 5.89. The Morgan fingerprint density at radius 2 is 2.20 bits per heavy atom. The molecule has 0 N–H and O–H groups in total. The molecule has 3 rings (SSSR count). The molecule has 0 aliphatic heterocycles. The molecule has 0 amide bonds. The van der Waals surface area contributed by atoms with Crippen LogP contribution in [-0.4, -0.2) is 25.2 Å². The molecule has 0 atom stereocenters. The summed E-state index contributed by atoms with van der Waals surface area (Å²) in [5, 5.41) is 4.22. The highest BCUT2D eigenvalue weighted by atomic mass is 79.9. The number of hydrogen-bond acceptors (Lipinski definition) is 2. The Morgan fingerprint density at radius 3 is 2.90 bits per heavy atom. The van der Waals surface area contributed by atoms with Gasteiger partial charge in [-0.05, 0) is 18.2 Å². The van der Waals surface area contributed by atoms with Crippen molar-refractivity contribution in [2.24, 2.45) is 7.05 Å². The van der Waals surface area contributed by atoms with Crippen LogP contribution in [0.2, 0.25) is 0 Å². The zero-order valence-corrected chi connectivity index (χ0v) is 13.4. The molecule has 0 saturated carbocycles. The Hall–Kier alpha value is -1.33. The molecule has 0 bridgehead atoms. The third kappa shape index (κ3) is 2.60. The first-order valence-electron chi connectivity index (χ1n) is 6.35. The Morgan fingerprint density at radius 1 is 1.35 bits per heavy atom. The van der Waals surface area contributed by atoms with Crippen LogP contribution in [-0.2, 0) is 20.0 Å². The highest BCUT2D eigenvalue weighted by Gasteiger charge is 2.11. The molecule has 4 nitrogen and oxygen atoms in total. The molecular formula is C14H14BrClN4. The summed E-state index contributed by atoms with van der Waals surface area (Å²) in [4.78, 5) is 4.69. The van der Waals surface area contributed by atoms with Crippen LogP contribution in [0.15, 0.2) is 35.1 Å². The minimum absolute atomic E-state index is 0.567. The second-order valence-electron chi connectivity index (χ2n) is 4.71. The van der Waals surface area contributed by atoms with Gasteiger partial charge in [0.2, 0.25) is 0 Å². The zero-order chi connectivity index (χ0) is 14.1. The van der Waals surface area contributed by atoms with Crippen molar-refractivity contribution in [3.8, 4) is 0 Å². The van der Waals surface area contributed by atoms with Crippen LogP contribution in [0.25, 0.3) is 11.0 Å². The normalized spacial score (nSPS) is 11.3. The summed E-state index contributed by atoms with van der Waals surface area (Å²) in [7, 11) is 1.92. The lowest BCUT2D eigenvalue weighted by molar-refractivity contribution is 0.747. The fraction of sp³-hybridized carbons (Fsp3) is 0.286. The molecule has 0 aliphatic carbocycles. The second-order valence-corrected chi connectivity index (χ2v) is 6.00. The molecule has 0 saturated heterocycles. The maximum atomic E-state index is 5.89. The van der Waals surface area contributed by atoms with Gasteiger partial charge in [-0.25, -0.2) is 4.98 Å². The highest BCUT2D eigenvalue weighted by Crippen LogP contribution is 2.22. The Labute approximate surface area is 130 Å². The first-order valence-corrected chi connectivity index (χ1v) is 7.68. The minimum atomic E-state index is 0.567. The number of alkyl halides is 1. The van der Waals surface area contributed by atoms with Crippen LogP contribution < -0.4 is 0 Å². The molecular weight excluding hydrogens is 340 g/mol. The van der Waals surface area contributed by atoms with Crippen molar-refractivity contribution in [1.29, 1.82) is 0 Å². The highest BCUT2D eigenvalue weighted by molar-refractivity contribution is 9.10. The fourth-order valence-corrected chi connectivity index (χ4v) is 2.86. The molecule has 0 fully saturated rings. The molecule has 1 aromatic carbocycles. The standard InChI is InChI=1S/C14H14BrClN4/c1-19-8-10(7-17-19)9-20-13-3-2-11(15)6-12(13)18-14(20)4-5-16/h2-3,6-8H,4-5,9H2,1H3. The van der Waals surface area contributed by atoms with Crippen molar-refractivity contribution >= 4 is 38.6 Å². The number of nitrogens with zero attached hydrogens (tertiary/aromatic N) is 4. The van der Waals surface area contributed by atoms with Crippen molar-refractivity contribution in [3.63, 3.8) is 0 Å². The van der Waals surface area contributed by atoms with Crippen LogP contribution in [0.3, 0.4) is 0 Å². The smallest absolute Gasteiger partial charge is 0.111 e. The molecule has 6 heteroatoms. The third-order valence-corrected chi connectivity index (χ3v) is 3.89. The molecule has 2 aromatic heterocycles. The first-order chi connectivity index (χ1) is 9.67. The molecule has 2 heterocycles. The van der Waals surface area contributed by atoms with E-state index in [2.05, 4.69) is 36.6 Å². The van der Waals surface area contributed by atoms with E-state index in [0.29, 0.717) is 5.88 Å². The van der Waals surface area contributed by atoms with E-state index in [1.54, 1.807) is 0 Å². The molecule has 0 aliphatic rings. The van der Waals surface area contributed by atoms with Gasteiger partial charge in [-0.1, -0.05) is 15.9 Å². The number of halogens is 2. The van der Waals surface area contributed by atoms with E-state index in [9.17, 15) is 0 Å². The zero-order valence-electron chi connectivity index (χ0n) is 11.1. The molecule has 3 aromatic rings. The number of imidazole rings is 1. The third-order valence-electron chi connectivity index (χ3n) is 3.21. The van der Waals surface area contributed by atoms with E-state index < -0.39 is 0 Å². The number of hydrogen-bond donors (Lipinski definition) is 0. The first kappa shape index (κ1) is 13.6.